The quantitative estimate of drug-likeness (QED) is 0.617. The van der Waals surface area contributed by atoms with Crippen molar-refractivity contribution in [2.45, 2.75) is 57.2 Å². The number of fused-ring (bicyclic) bond motifs is 1. The molecule has 0 spiro atoms. The highest BCUT2D eigenvalue weighted by molar-refractivity contribution is 5.47. The molecular formula is C25H32N6. The van der Waals surface area contributed by atoms with E-state index in [0.717, 1.165) is 25.3 Å². The first-order valence-electron chi connectivity index (χ1n) is 11.6. The van der Waals surface area contributed by atoms with E-state index in [2.05, 4.69) is 92.6 Å². The number of tetrazole rings is 1. The van der Waals surface area contributed by atoms with E-state index in [1.807, 2.05) is 0 Å². The molecule has 6 nitrogen and oxygen atoms in total. The summed E-state index contributed by atoms with van der Waals surface area (Å²) in [5.41, 5.74) is 5.35. The molecule has 2 aromatic carbocycles. The number of hydrogen-bond donors (Lipinski definition) is 0. The Morgan fingerprint density at radius 2 is 1.68 bits per heavy atom. The van der Waals surface area contributed by atoms with E-state index in [1.54, 1.807) is 0 Å². The number of benzene rings is 2. The predicted octanol–water partition coefficient (Wildman–Crippen LogP) is 4.39. The topological polar surface area (TPSA) is 50.1 Å². The molecule has 0 N–H and O–H groups in total. The van der Waals surface area contributed by atoms with Crippen LogP contribution in [0, 0.1) is 0 Å². The Hall–Kier alpha value is -2.73. The zero-order valence-electron chi connectivity index (χ0n) is 18.6. The molecule has 0 bridgehead atoms. The lowest BCUT2D eigenvalue weighted by molar-refractivity contribution is 0.188. The van der Waals surface area contributed by atoms with Crippen molar-refractivity contribution < 1.29 is 0 Å². The number of hydrogen-bond acceptors (Lipinski definition) is 5. The Labute approximate surface area is 184 Å². The maximum absolute atomic E-state index is 4.61. The molecule has 6 heteroatoms. The molecule has 5 rings (SSSR count). The smallest absolute Gasteiger partial charge is 0.173 e. The molecule has 1 aliphatic carbocycles. The lowest BCUT2D eigenvalue weighted by atomic mass is 9.94. The van der Waals surface area contributed by atoms with Gasteiger partial charge in [0.25, 0.3) is 0 Å². The summed E-state index contributed by atoms with van der Waals surface area (Å²) in [7, 11) is 4.16. The van der Waals surface area contributed by atoms with Gasteiger partial charge >= 0.3 is 0 Å². The average Bonchev–Trinajstić information content (AvgIpc) is 3.29. The Morgan fingerprint density at radius 1 is 0.935 bits per heavy atom. The summed E-state index contributed by atoms with van der Waals surface area (Å²) in [5, 5.41) is 13.3. The predicted molar refractivity (Wildman–Crippen MR) is 123 cm³/mol. The van der Waals surface area contributed by atoms with Crippen LogP contribution in [0.4, 0.5) is 5.69 Å². The fourth-order valence-corrected chi connectivity index (χ4v) is 5.18. The van der Waals surface area contributed by atoms with Crippen molar-refractivity contribution in [3.8, 4) is 0 Å². The van der Waals surface area contributed by atoms with E-state index in [1.165, 1.54) is 54.5 Å². The van der Waals surface area contributed by atoms with Crippen molar-refractivity contribution in [1.29, 1.82) is 0 Å². The molecule has 2 heterocycles. The van der Waals surface area contributed by atoms with Gasteiger partial charge in [0.15, 0.2) is 5.82 Å². The average molecular weight is 417 g/mol. The molecule has 1 fully saturated rings. The van der Waals surface area contributed by atoms with Crippen LogP contribution in [0.5, 0.6) is 0 Å². The van der Waals surface area contributed by atoms with Gasteiger partial charge < -0.3 is 4.90 Å². The fraction of sp³-hybridized carbons (Fsp3) is 0.480. The van der Waals surface area contributed by atoms with Gasteiger partial charge in [-0.05, 0) is 58.5 Å². The molecule has 0 saturated heterocycles. The number of rotatable bonds is 5. The van der Waals surface area contributed by atoms with Gasteiger partial charge in [-0.3, -0.25) is 4.90 Å². The van der Waals surface area contributed by atoms with Crippen LogP contribution in [0.25, 0.3) is 0 Å². The van der Waals surface area contributed by atoms with E-state index >= 15 is 0 Å². The first-order chi connectivity index (χ1) is 15.2. The van der Waals surface area contributed by atoms with Crippen molar-refractivity contribution >= 4 is 5.69 Å². The maximum atomic E-state index is 4.61. The lowest BCUT2D eigenvalue weighted by Gasteiger charge is -2.36. The summed E-state index contributed by atoms with van der Waals surface area (Å²) in [4.78, 5) is 4.69. The summed E-state index contributed by atoms with van der Waals surface area (Å²) in [6.45, 7) is 1.93. The second-order valence-corrected chi connectivity index (χ2v) is 9.15. The highest BCUT2D eigenvalue weighted by Gasteiger charge is 2.32. The Morgan fingerprint density at radius 3 is 2.42 bits per heavy atom. The second-order valence-electron chi connectivity index (χ2n) is 9.15. The van der Waals surface area contributed by atoms with Gasteiger partial charge in [-0.15, -0.1) is 5.10 Å². The summed E-state index contributed by atoms with van der Waals surface area (Å²) in [6, 6.07) is 18.2. The third-order valence-electron chi connectivity index (χ3n) is 6.93. The van der Waals surface area contributed by atoms with Crippen LogP contribution < -0.4 is 4.90 Å². The summed E-state index contributed by atoms with van der Waals surface area (Å²) in [5.74, 6) is 0.990. The molecule has 1 aliphatic heterocycles. The van der Waals surface area contributed by atoms with Gasteiger partial charge in [-0.1, -0.05) is 55.7 Å². The van der Waals surface area contributed by atoms with Crippen LogP contribution in [-0.2, 0) is 13.0 Å². The molecule has 0 radical (unpaired) electrons. The molecule has 1 unspecified atom stereocenters. The van der Waals surface area contributed by atoms with Gasteiger partial charge in [-0.2, -0.15) is 0 Å². The van der Waals surface area contributed by atoms with Crippen LogP contribution in [0.1, 0.15) is 66.7 Å². The van der Waals surface area contributed by atoms with Crippen molar-refractivity contribution in [3.63, 3.8) is 0 Å². The van der Waals surface area contributed by atoms with Gasteiger partial charge in [0.05, 0.1) is 12.1 Å². The highest BCUT2D eigenvalue weighted by Crippen LogP contribution is 2.36. The van der Waals surface area contributed by atoms with Crippen LogP contribution in [0.15, 0.2) is 48.5 Å². The van der Waals surface area contributed by atoms with E-state index in [0.29, 0.717) is 6.04 Å². The van der Waals surface area contributed by atoms with Crippen LogP contribution in [0.2, 0.25) is 0 Å². The first-order valence-corrected chi connectivity index (χ1v) is 11.6. The van der Waals surface area contributed by atoms with E-state index in [4.69, 9.17) is 0 Å². The largest absolute Gasteiger partial charge is 0.378 e. The Balaban J connectivity index is 1.53. The highest BCUT2D eigenvalue weighted by atomic mass is 15.6. The zero-order valence-corrected chi connectivity index (χ0v) is 18.6. The fourth-order valence-electron chi connectivity index (χ4n) is 5.18. The summed E-state index contributed by atoms with van der Waals surface area (Å²) in [6.07, 6.45) is 7.27. The van der Waals surface area contributed by atoms with E-state index in [-0.39, 0.29) is 6.04 Å². The van der Waals surface area contributed by atoms with Crippen molar-refractivity contribution in [2.75, 3.05) is 25.5 Å². The van der Waals surface area contributed by atoms with Crippen molar-refractivity contribution in [3.05, 3.63) is 71.0 Å². The van der Waals surface area contributed by atoms with Crippen molar-refractivity contribution in [1.82, 2.24) is 25.1 Å². The number of nitrogens with zero attached hydrogens (tertiary/aromatic N) is 6. The van der Waals surface area contributed by atoms with Crippen LogP contribution >= 0.6 is 0 Å². The first kappa shape index (κ1) is 20.2. The van der Waals surface area contributed by atoms with Gasteiger partial charge in [0.2, 0.25) is 0 Å². The molecule has 1 aromatic heterocycles. The minimum Gasteiger partial charge on any atom is -0.378 e. The third-order valence-corrected chi connectivity index (χ3v) is 6.93. The second kappa shape index (κ2) is 8.79. The van der Waals surface area contributed by atoms with Crippen molar-refractivity contribution in [2.24, 2.45) is 0 Å². The minimum atomic E-state index is 0.0569. The molecule has 2 aliphatic rings. The van der Waals surface area contributed by atoms with E-state index in [9.17, 15) is 0 Å². The molecule has 162 valence electrons. The third kappa shape index (κ3) is 4.09. The minimum absolute atomic E-state index is 0.0569. The van der Waals surface area contributed by atoms with Crippen LogP contribution in [0.3, 0.4) is 0 Å². The maximum Gasteiger partial charge on any atom is 0.173 e. The Kier molecular flexibility index (Phi) is 5.72. The summed E-state index contributed by atoms with van der Waals surface area (Å²) >= 11 is 0. The normalized spacial score (nSPS) is 18.5. The van der Waals surface area contributed by atoms with Gasteiger partial charge in [0, 0.05) is 32.9 Å². The number of aromatic nitrogens is 4. The number of anilines is 1. The molecule has 0 amide bonds. The SMILES string of the molecule is CN(C)c1ccc(C(c2nnnn2C2CCCCC2)N2CCc3ccccc3C2)cc1. The molecule has 3 aromatic rings. The molecule has 1 saturated carbocycles. The van der Waals surface area contributed by atoms with E-state index < -0.39 is 0 Å². The lowest BCUT2D eigenvalue weighted by Crippen LogP contribution is -2.36. The Bertz CT molecular complexity index is 1000. The summed E-state index contributed by atoms with van der Waals surface area (Å²) < 4.78 is 2.14. The monoisotopic (exact) mass is 416 g/mol. The van der Waals surface area contributed by atoms with Crippen LogP contribution in [-0.4, -0.2) is 45.7 Å². The molecule has 31 heavy (non-hydrogen) atoms. The molecule has 1 atom stereocenters. The standard InChI is InChI=1S/C25H32N6/c1-29(2)22-14-12-20(13-15-22)24(30-17-16-19-8-6-7-9-21(19)18-30)25-26-27-28-31(25)23-10-4-3-5-11-23/h6-9,12-15,23-24H,3-5,10-11,16-18H2,1-2H3. The molecular weight excluding hydrogens is 384 g/mol. The van der Waals surface area contributed by atoms with Gasteiger partial charge in [-0.25, -0.2) is 4.68 Å². The van der Waals surface area contributed by atoms with Gasteiger partial charge in [0.1, 0.15) is 0 Å². The zero-order chi connectivity index (χ0) is 21.2.